The molecule has 208 valence electrons. The van der Waals surface area contributed by atoms with Crippen molar-refractivity contribution in [2.45, 2.75) is 36.9 Å². The summed E-state index contributed by atoms with van der Waals surface area (Å²) in [6.45, 7) is 2.25. The molecule has 0 spiro atoms. The summed E-state index contributed by atoms with van der Waals surface area (Å²) < 4.78 is 34.3. The Morgan fingerprint density at radius 3 is 2.32 bits per heavy atom. The van der Waals surface area contributed by atoms with Gasteiger partial charge in [-0.1, -0.05) is 60.7 Å². The third kappa shape index (κ3) is 5.04. The van der Waals surface area contributed by atoms with Crippen molar-refractivity contribution in [1.82, 2.24) is 5.32 Å². The number of benzene rings is 4. The monoisotopic (exact) mass is 567 g/mol. The van der Waals surface area contributed by atoms with Crippen molar-refractivity contribution in [2.24, 2.45) is 0 Å². The number of rotatable bonds is 6. The molecule has 2 amide bonds. The fourth-order valence-electron chi connectivity index (χ4n) is 5.43. The van der Waals surface area contributed by atoms with Crippen molar-refractivity contribution in [3.8, 4) is 5.75 Å². The van der Waals surface area contributed by atoms with E-state index in [1.807, 2.05) is 43.3 Å². The highest BCUT2D eigenvalue weighted by molar-refractivity contribution is 7.92. The van der Waals surface area contributed by atoms with E-state index in [1.165, 1.54) is 4.31 Å². The van der Waals surface area contributed by atoms with Gasteiger partial charge in [0.15, 0.2) is 6.10 Å². The van der Waals surface area contributed by atoms with E-state index in [4.69, 9.17) is 4.74 Å². The van der Waals surface area contributed by atoms with Gasteiger partial charge in [0, 0.05) is 18.2 Å². The van der Waals surface area contributed by atoms with Crippen molar-refractivity contribution in [3.05, 3.63) is 120 Å². The Bertz CT molecular complexity index is 1710. The van der Waals surface area contributed by atoms with Gasteiger partial charge in [0.2, 0.25) is 0 Å². The van der Waals surface area contributed by atoms with E-state index in [0.29, 0.717) is 35.7 Å². The second-order valence-electron chi connectivity index (χ2n) is 10.2. The lowest BCUT2D eigenvalue weighted by atomic mass is 10.0. The van der Waals surface area contributed by atoms with E-state index in [9.17, 15) is 18.0 Å². The van der Waals surface area contributed by atoms with Crippen LogP contribution in [0, 0.1) is 0 Å². The number of ether oxygens (including phenoxy) is 1. The zero-order valence-corrected chi connectivity index (χ0v) is 23.3. The summed E-state index contributed by atoms with van der Waals surface area (Å²) in [7, 11) is -3.76. The topological polar surface area (TPSA) is 96.0 Å². The van der Waals surface area contributed by atoms with E-state index in [-0.39, 0.29) is 29.3 Å². The number of carbonyl (C=O) groups excluding carboxylic acids is 2. The lowest BCUT2D eigenvalue weighted by molar-refractivity contribution is -0.128. The zero-order chi connectivity index (χ0) is 28.6. The predicted octanol–water partition coefficient (Wildman–Crippen LogP) is 4.55. The molecular formula is C32H29N3O5S. The highest BCUT2D eigenvalue weighted by Gasteiger charge is 2.38. The van der Waals surface area contributed by atoms with Gasteiger partial charge in [-0.05, 0) is 66.9 Å². The van der Waals surface area contributed by atoms with Crippen LogP contribution in [0.25, 0.3) is 0 Å². The first-order chi connectivity index (χ1) is 19.8. The average Bonchev–Trinajstić information content (AvgIpc) is 3.35. The third-order valence-corrected chi connectivity index (χ3v) is 9.34. The van der Waals surface area contributed by atoms with E-state index >= 15 is 0 Å². The summed E-state index contributed by atoms with van der Waals surface area (Å²) in [6, 6.07) is 29.9. The Morgan fingerprint density at radius 2 is 1.56 bits per heavy atom. The second kappa shape index (κ2) is 10.7. The van der Waals surface area contributed by atoms with Crippen molar-refractivity contribution in [2.75, 3.05) is 15.7 Å². The number of sulfonamides is 1. The van der Waals surface area contributed by atoms with Gasteiger partial charge in [0.05, 0.1) is 22.8 Å². The number of fused-ring (bicyclic) bond motifs is 2. The summed E-state index contributed by atoms with van der Waals surface area (Å²) in [5.41, 5.74) is 3.29. The molecule has 0 saturated heterocycles. The maximum atomic E-state index is 13.9. The number of hydrogen-bond acceptors (Lipinski definition) is 5. The van der Waals surface area contributed by atoms with Gasteiger partial charge in [-0.3, -0.25) is 13.9 Å². The molecule has 9 heteroatoms. The van der Waals surface area contributed by atoms with Crippen molar-refractivity contribution in [3.63, 3.8) is 0 Å². The standard InChI is InChI=1S/C32H29N3O5S/c1-22-18-25-19-24(16-17-27(25)35(22)41(38,39)26-12-6-3-7-13-26)32(37)34-21-30(40-29-15-9-8-14-28(29)34)31(36)33-20-23-10-4-2-5-11-23/h2-17,19,22,30H,18,20-21H2,1H3,(H,33,36)/t22-,30+/m1/s1. The highest BCUT2D eigenvalue weighted by Crippen LogP contribution is 2.39. The molecular weight excluding hydrogens is 538 g/mol. The first kappa shape index (κ1) is 26.6. The zero-order valence-electron chi connectivity index (χ0n) is 22.4. The number of amides is 2. The molecule has 0 unspecified atom stereocenters. The maximum Gasteiger partial charge on any atom is 0.264 e. The van der Waals surface area contributed by atoms with E-state index in [1.54, 1.807) is 71.6 Å². The number of hydrogen-bond donors (Lipinski definition) is 1. The largest absolute Gasteiger partial charge is 0.477 e. The molecule has 0 bridgehead atoms. The molecule has 0 aliphatic carbocycles. The number of anilines is 2. The number of carbonyl (C=O) groups is 2. The molecule has 8 nitrogen and oxygen atoms in total. The molecule has 2 aliphatic rings. The van der Waals surface area contributed by atoms with Crippen LogP contribution in [0.1, 0.15) is 28.4 Å². The van der Waals surface area contributed by atoms with Crippen LogP contribution in [0.2, 0.25) is 0 Å². The first-order valence-electron chi connectivity index (χ1n) is 13.4. The smallest absolute Gasteiger partial charge is 0.264 e. The van der Waals surface area contributed by atoms with Gasteiger partial charge in [-0.15, -0.1) is 0 Å². The van der Waals surface area contributed by atoms with Crippen LogP contribution in [0.4, 0.5) is 11.4 Å². The van der Waals surface area contributed by atoms with Gasteiger partial charge in [0.1, 0.15) is 5.75 Å². The Morgan fingerprint density at radius 1 is 0.878 bits per heavy atom. The van der Waals surface area contributed by atoms with E-state index in [2.05, 4.69) is 5.32 Å². The normalized spacial score (nSPS) is 17.8. The Balaban J connectivity index is 1.26. The molecule has 0 fully saturated rings. The Kier molecular flexibility index (Phi) is 6.96. The molecule has 2 atom stereocenters. The summed E-state index contributed by atoms with van der Waals surface area (Å²) in [4.78, 5) is 28.8. The van der Waals surface area contributed by atoms with Crippen molar-refractivity contribution < 1.29 is 22.7 Å². The van der Waals surface area contributed by atoms with Crippen LogP contribution in [0.5, 0.6) is 5.75 Å². The van der Waals surface area contributed by atoms with Gasteiger partial charge in [-0.25, -0.2) is 8.42 Å². The predicted molar refractivity (Wildman–Crippen MR) is 157 cm³/mol. The van der Waals surface area contributed by atoms with Crippen LogP contribution in [-0.2, 0) is 27.8 Å². The molecule has 2 heterocycles. The van der Waals surface area contributed by atoms with Crippen LogP contribution < -0.4 is 19.3 Å². The van der Waals surface area contributed by atoms with Gasteiger partial charge >= 0.3 is 0 Å². The van der Waals surface area contributed by atoms with Crippen LogP contribution in [0.15, 0.2) is 108 Å². The molecule has 0 saturated carbocycles. The van der Waals surface area contributed by atoms with E-state index < -0.39 is 16.1 Å². The minimum atomic E-state index is -3.76. The molecule has 4 aromatic rings. The van der Waals surface area contributed by atoms with E-state index in [0.717, 1.165) is 11.1 Å². The highest BCUT2D eigenvalue weighted by atomic mass is 32.2. The van der Waals surface area contributed by atoms with Crippen LogP contribution >= 0.6 is 0 Å². The lowest BCUT2D eigenvalue weighted by Crippen LogP contribution is -2.50. The lowest BCUT2D eigenvalue weighted by Gasteiger charge is -2.34. The summed E-state index contributed by atoms with van der Waals surface area (Å²) in [5, 5.41) is 2.91. The average molecular weight is 568 g/mol. The summed E-state index contributed by atoms with van der Waals surface area (Å²) in [6.07, 6.45) is -0.411. The van der Waals surface area contributed by atoms with Crippen molar-refractivity contribution in [1.29, 1.82) is 0 Å². The minimum absolute atomic E-state index is 0.0401. The summed E-state index contributed by atoms with van der Waals surface area (Å²) in [5.74, 6) is -0.158. The second-order valence-corrected chi connectivity index (χ2v) is 12.0. The SMILES string of the molecule is C[C@@H]1Cc2cc(C(=O)N3C[C@@H](C(=O)NCc4ccccc4)Oc4ccccc43)ccc2N1S(=O)(=O)c1ccccc1. The van der Waals surface area contributed by atoms with Gasteiger partial charge in [-0.2, -0.15) is 0 Å². The Hall–Kier alpha value is -4.63. The fraction of sp³-hybridized carbons (Fsp3) is 0.188. The van der Waals surface area contributed by atoms with Gasteiger partial charge in [0.25, 0.3) is 21.8 Å². The first-order valence-corrected chi connectivity index (χ1v) is 14.9. The molecule has 6 rings (SSSR count). The fourth-order valence-corrected chi connectivity index (χ4v) is 7.14. The van der Waals surface area contributed by atoms with Crippen LogP contribution in [-0.4, -0.2) is 38.9 Å². The molecule has 0 radical (unpaired) electrons. The number of para-hydroxylation sites is 2. The molecule has 2 aliphatic heterocycles. The molecule has 0 aromatic heterocycles. The maximum absolute atomic E-state index is 13.9. The molecule has 41 heavy (non-hydrogen) atoms. The number of nitrogens with zero attached hydrogens (tertiary/aromatic N) is 2. The number of nitrogens with one attached hydrogen (secondary N) is 1. The molecule has 1 N–H and O–H groups in total. The van der Waals surface area contributed by atoms with Crippen LogP contribution in [0.3, 0.4) is 0 Å². The summed E-state index contributed by atoms with van der Waals surface area (Å²) >= 11 is 0. The van der Waals surface area contributed by atoms with Crippen molar-refractivity contribution >= 4 is 33.2 Å². The molecule has 4 aromatic carbocycles. The Labute approximate surface area is 239 Å². The quantitative estimate of drug-likeness (QED) is 0.369. The minimum Gasteiger partial charge on any atom is -0.477 e. The van der Waals surface area contributed by atoms with Gasteiger partial charge < -0.3 is 15.0 Å². The third-order valence-electron chi connectivity index (χ3n) is 7.40.